The molecule has 0 unspecified atom stereocenters. The molecule has 18 heteroatoms. The van der Waals surface area contributed by atoms with Gasteiger partial charge in [-0.2, -0.15) is 0 Å². The van der Waals surface area contributed by atoms with Crippen molar-refractivity contribution in [1.29, 1.82) is 0 Å². The van der Waals surface area contributed by atoms with Crippen molar-refractivity contribution >= 4 is 46.4 Å². The van der Waals surface area contributed by atoms with Gasteiger partial charge in [0.25, 0.3) is 5.56 Å². The first-order valence-corrected chi connectivity index (χ1v) is 20.9. The van der Waals surface area contributed by atoms with Crippen LogP contribution >= 0.6 is 0 Å². The molecule has 3 aliphatic rings. The first-order chi connectivity index (χ1) is 30.0. The van der Waals surface area contributed by atoms with Crippen LogP contribution in [-0.4, -0.2) is 82.4 Å². The number of fused-ring (bicyclic) bond motifs is 5. The second-order valence-electron chi connectivity index (χ2n) is 16.9. The molecule has 0 saturated heterocycles. The molecule has 0 radical (unpaired) electrons. The van der Waals surface area contributed by atoms with Crippen molar-refractivity contribution in [2.24, 2.45) is 11.1 Å². The highest BCUT2D eigenvalue weighted by Gasteiger charge is 2.46. The Balaban J connectivity index is 1.04. The number of nitrogens with two attached hydrogens (primary N) is 1. The number of cyclic esters (lactones) is 1. The number of halogens is 1. The monoisotopic (exact) mass is 866 g/mol. The van der Waals surface area contributed by atoms with Gasteiger partial charge in [-0.3, -0.25) is 28.8 Å². The SMILES string of the molecule is CC[C@@]1(O)C(=O)OCc2c1cc1n(c2=O)Cc2c-1nc1cc(F)c(C)c3c1c2[C@@H](NC(=O)C(C)(C)CCNC(=O)CNC(=O)[C@H](Cc1ccccc1)NC(=O)CNC(=O)CN)CC3. The van der Waals surface area contributed by atoms with Gasteiger partial charge in [0, 0.05) is 41.0 Å². The van der Waals surface area contributed by atoms with E-state index in [1.165, 1.54) is 10.6 Å². The van der Waals surface area contributed by atoms with Crippen molar-refractivity contribution < 1.29 is 43.0 Å². The Morgan fingerprint density at radius 1 is 1.02 bits per heavy atom. The van der Waals surface area contributed by atoms with Crippen molar-refractivity contribution in [3.63, 3.8) is 0 Å². The molecule has 4 heterocycles. The van der Waals surface area contributed by atoms with Crippen molar-refractivity contribution in [3.8, 4) is 11.4 Å². The van der Waals surface area contributed by atoms with E-state index >= 15 is 4.39 Å². The predicted octanol–water partition coefficient (Wildman–Crippen LogP) is 1.08. The van der Waals surface area contributed by atoms with E-state index in [-0.39, 0.29) is 69.1 Å². The minimum Gasteiger partial charge on any atom is -0.458 e. The van der Waals surface area contributed by atoms with E-state index < -0.39 is 70.6 Å². The maximum atomic E-state index is 15.4. The molecule has 2 aromatic carbocycles. The topological polar surface area (TPSA) is 253 Å². The molecule has 0 bridgehead atoms. The molecule has 2 aromatic heterocycles. The van der Waals surface area contributed by atoms with Gasteiger partial charge >= 0.3 is 5.97 Å². The third-order valence-electron chi connectivity index (χ3n) is 12.4. The number of carbonyl (C=O) groups excluding carboxylic acids is 6. The molecule has 17 nitrogen and oxygen atoms in total. The van der Waals surface area contributed by atoms with Crippen LogP contribution in [0.25, 0.3) is 22.3 Å². The number of pyridine rings is 2. The summed E-state index contributed by atoms with van der Waals surface area (Å²) in [6.45, 7) is 5.59. The first-order valence-electron chi connectivity index (χ1n) is 20.9. The molecule has 4 aromatic rings. The zero-order valence-corrected chi connectivity index (χ0v) is 35.5. The molecule has 0 fully saturated rings. The second kappa shape index (κ2) is 17.7. The van der Waals surface area contributed by atoms with Crippen molar-refractivity contribution in [3.05, 3.63) is 97.6 Å². The van der Waals surface area contributed by atoms with E-state index in [2.05, 4.69) is 26.6 Å². The van der Waals surface area contributed by atoms with Gasteiger partial charge < -0.3 is 46.7 Å². The molecule has 7 rings (SSSR count). The number of aromatic nitrogens is 2. The summed E-state index contributed by atoms with van der Waals surface area (Å²) in [5.41, 5.74) is 6.61. The van der Waals surface area contributed by atoms with E-state index in [1.807, 2.05) is 6.07 Å². The van der Waals surface area contributed by atoms with Crippen molar-refractivity contribution in [1.82, 2.24) is 36.1 Å². The molecule has 1 aliphatic carbocycles. The number of aliphatic hydroxyl groups is 1. The number of esters is 1. The zero-order chi connectivity index (χ0) is 45.4. The number of carbonyl (C=O) groups is 6. The molecule has 0 spiro atoms. The van der Waals surface area contributed by atoms with Gasteiger partial charge in [-0.25, -0.2) is 14.2 Å². The number of nitrogens with zero attached hydrogens (tertiary/aromatic N) is 2. The lowest BCUT2D eigenvalue weighted by molar-refractivity contribution is -0.172. The fourth-order valence-electron chi connectivity index (χ4n) is 8.59. The summed E-state index contributed by atoms with van der Waals surface area (Å²) < 4.78 is 22.1. The van der Waals surface area contributed by atoms with Crippen LogP contribution in [-0.2, 0) is 65.1 Å². The quantitative estimate of drug-likeness (QED) is 0.0734. The molecule has 63 heavy (non-hydrogen) atoms. The van der Waals surface area contributed by atoms with E-state index in [4.69, 9.17) is 15.5 Å². The minimum atomic E-state index is -2.03. The lowest BCUT2D eigenvalue weighted by atomic mass is 9.80. The molecule has 332 valence electrons. The van der Waals surface area contributed by atoms with E-state index in [1.54, 1.807) is 58.0 Å². The van der Waals surface area contributed by atoms with E-state index in [9.17, 15) is 38.7 Å². The summed E-state index contributed by atoms with van der Waals surface area (Å²) >= 11 is 0. The number of benzene rings is 2. The summed E-state index contributed by atoms with van der Waals surface area (Å²) in [5, 5.41) is 25.5. The van der Waals surface area contributed by atoms with E-state index in [0.29, 0.717) is 51.8 Å². The number of nitrogens with one attached hydrogen (secondary N) is 5. The largest absolute Gasteiger partial charge is 0.458 e. The third kappa shape index (κ3) is 8.64. The molecular weight excluding hydrogens is 816 g/mol. The van der Waals surface area contributed by atoms with Crippen molar-refractivity contribution in [2.45, 2.75) is 90.6 Å². The maximum absolute atomic E-state index is 15.4. The third-order valence-corrected chi connectivity index (χ3v) is 12.4. The van der Waals surface area contributed by atoms with Crippen LogP contribution in [0.1, 0.15) is 85.0 Å². The fraction of sp³-hybridized carbons (Fsp3) is 0.422. The Hall–Kier alpha value is -6.53. The second-order valence-corrected chi connectivity index (χ2v) is 16.9. The average molecular weight is 867 g/mol. The summed E-state index contributed by atoms with van der Waals surface area (Å²) in [7, 11) is 0. The molecule has 8 N–H and O–H groups in total. The van der Waals surface area contributed by atoms with E-state index in [0.717, 1.165) is 11.1 Å². The summed E-state index contributed by atoms with van der Waals surface area (Å²) in [6, 6.07) is 10.3. The van der Waals surface area contributed by atoms with Gasteiger partial charge in [0.1, 0.15) is 18.5 Å². The molecular formula is C45H51FN8O9. The van der Waals surface area contributed by atoms with Gasteiger partial charge in [0.15, 0.2) is 5.60 Å². The fourth-order valence-corrected chi connectivity index (χ4v) is 8.59. The Labute approximate surface area is 361 Å². The first kappa shape index (κ1) is 44.5. The Kier molecular flexibility index (Phi) is 12.5. The normalized spacial score (nSPS) is 17.7. The highest BCUT2D eigenvalue weighted by molar-refractivity contribution is 5.95. The van der Waals surface area contributed by atoms with Crippen LogP contribution < -0.4 is 37.9 Å². The summed E-state index contributed by atoms with van der Waals surface area (Å²) in [5.74, 6) is -3.89. The Morgan fingerprint density at radius 3 is 2.46 bits per heavy atom. The lowest BCUT2D eigenvalue weighted by Gasteiger charge is -2.33. The van der Waals surface area contributed by atoms with Gasteiger partial charge in [-0.05, 0) is 60.9 Å². The molecule has 0 saturated carbocycles. The molecule has 5 amide bonds. The number of ether oxygens (including phenoxy) is 1. The van der Waals surface area contributed by atoms with Gasteiger partial charge in [0.05, 0.1) is 54.7 Å². The van der Waals surface area contributed by atoms with Crippen LogP contribution in [0.3, 0.4) is 0 Å². The molecule has 3 atom stereocenters. The summed E-state index contributed by atoms with van der Waals surface area (Å²) in [6.07, 6.45) is 1.18. The Morgan fingerprint density at radius 2 is 1.75 bits per heavy atom. The van der Waals surface area contributed by atoms with Crippen LogP contribution in [0.5, 0.6) is 0 Å². The van der Waals surface area contributed by atoms with Gasteiger partial charge in [0.2, 0.25) is 29.5 Å². The van der Waals surface area contributed by atoms with Crippen LogP contribution in [0.15, 0.2) is 47.3 Å². The zero-order valence-electron chi connectivity index (χ0n) is 35.5. The lowest BCUT2D eigenvalue weighted by Crippen LogP contribution is -2.52. The van der Waals surface area contributed by atoms with Gasteiger partial charge in [-0.1, -0.05) is 51.1 Å². The number of hydrogen-bond donors (Lipinski definition) is 7. The number of rotatable bonds is 15. The number of aryl methyl sites for hydroxylation is 1. The molecule has 2 aliphatic heterocycles. The van der Waals surface area contributed by atoms with Gasteiger partial charge in [-0.15, -0.1) is 0 Å². The predicted molar refractivity (Wildman–Crippen MR) is 227 cm³/mol. The Bertz CT molecular complexity index is 2610. The van der Waals surface area contributed by atoms with Crippen LogP contribution in [0, 0.1) is 18.2 Å². The van der Waals surface area contributed by atoms with Crippen LogP contribution in [0.2, 0.25) is 0 Å². The standard InChI is InChI=1S/C45H51FN8O9/c1-5-45(62)28-16-33-39-26(21-54(33)41(59)27(28)22-63-43(45)61)38-30(12-11-25-23(2)29(46)17-31(52-39)37(25)38)53-42(60)44(3,4)13-14-48-35(56)19-50-40(58)32(15-24-9-7-6-8-10-24)51-36(57)20-49-34(55)18-47/h6-10,16-17,30,32,62H,5,11-15,18-22,47H2,1-4H3,(H,48,56)(H,49,55)(H,50,58)(H,51,57)(H,53,60)/t30-,32-,45-/m0/s1. The highest BCUT2D eigenvalue weighted by atomic mass is 19.1. The number of amides is 5. The van der Waals surface area contributed by atoms with Crippen LogP contribution in [0.4, 0.5) is 4.39 Å². The summed E-state index contributed by atoms with van der Waals surface area (Å²) in [4.78, 5) is 95.9. The van der Waals surface area contributed by atoms with Crippen molar-refractivity contribution in [2.75, 3.05) is 26.2 Å². The smallest absolute Gasteiger partial charge is 0.343 e. The maximum Gasteiger partial charge on any atom is 0.343 e. The minimum absolute atomic E-state index is 0.0280. The highest BCUT2D eigenvalue weighted by Crippen LogP contribution is 2.46. The number of hydrogen-bond acceptors (Lipinski definition) is 11. The average Bonchev–Trinajstić information content (AvgIpc) is 3.64.